The second kappa shape index (κ2) is 4.75. The lowest BCUT2D eigenvalue weighted by Crippen LogP contribution is -2.33. The van der Waals surface area contributed by atoms with Crippen LogP contribution in [0.15, 0.2) is 22.6 Å². The lowest BCUT2D eigenvalue weighted by atomic mass is 10.0. The summed E-state index contributed by atoms with van der Waals surface area (Å²) in [5.74, 6) is 1.19. The number of anilines is 1. The Balaban J connectivity index is 2.23. The second-order valence-electron chi connectivity index (χ2n) is 4.65. The van der Waals surface area contributed by atoms with Crippen molar-refractivity contribution in [3.05, 3.63) is 24.1 Å². The highest BCUT2D eigenvalue weighted by molar-refractivity contribution is 5.77. The molecule has 2 rings (SSSR count). The van der Waals surface area contributed by atoms with Crippen LogP contribution in [-0.2, 0) is 0 Å². The lowest BCUT2D eigenvalue weighted by Gasteiger charge is -2.21. The molecule has 0 saturated heterocycles. The van der Waals surface area contributed by atoms with Crippen LogP contribution in [0.4, 0.5) is 5.69 Å². The standard InChI is InChI=1S/C13H19N3O/c1-8(2)12(7-14)16-10-4-5-13-11(6-10)15-9(3)17-13/h4-6,8,12,16H,7,14H2,1-3H3. The van der Waals surface area contributed by atoms with E-state index in [-0.39, 0.29) is 6.04 Å². The van der Waals surface area contributed by atoms with Gasteiger partial charge in [-0.25, -0.2) is 4.98 Å². The van der Waals surface area contributed by atoms with Crippen LogP contribution in [0.25, 0.3) is 11.1 Å². The number of oxazole rings is 1. The average molecular weight is 233 g/mol. The maximum absolute atomic E-state index is 5.74. The molecule has 3 N–H and O–H groups in total. The molecule has 2 aromatic rings. The van der Waals surface area contributed by atoms with Crippen molar-refractivity contribution >= 4 is 16.8 Å². The van der Waals surface area contributed by atoms with E-state index >= 15 is 0 Å². The topological polar surface area (TPSA) is 64.1 Å². The molecule has 1 aromatic heterocycles. The first-order valence-electron chi connectivity index (χ1n) is 5.94. The number of nitrogens with one attached hydrogen (secondary N) is 1. The van der Waals surface area contributed by atoms with Crippen molar-refractivity contribution in [2.45, 2.75) is 26.8 Å². The third-order valence-electron chi connectivity index (χ3n) is 2.91. The molecule has 0 aliphatic carbocycles. The molecular weight excluding hydrogens is 214 g/mol. The van der Waals surface area contributed by atoms with Gasteiger partial charge in [0.2, 0.25) is 0 Å². The molecule has 4 heteroatoms. The lowest BCUT2D eigenvalue weighted by molar-refractivity contribution is 0.531. The number of hydrogen-bond acceptors (Lipinski definition) is 4. The van der Waals surface area contributed by atoms with Gasteiger partial charge in [-0.15, -0.1) is 0 Å². The van der Waals surface area contributed by atoms with Crippen molar-refractivity contribution in [3.8, 4) is 0 Å². The van der Waals surface area contributed by atoms with Crippen molar-refractivity contribution in [1.29, 1.82) is 0 Å². The second-order valence-corrected chi connectivity index (χ2v) is 4.65. The zero-order valence-electron chi connectivity index (χ0n) is 10.5. The van der Waals surface area contributed by atoms with Crippen LogP contribution in [0.5, 0.6) is 0 Å². The Bertz CT molecular complexity index is 504. The van der Waals surface area contributed by atoms with E-state index in [1.165, 1.54) is 0 Å². The molecule has 0 aliphatic heterocycles. The predicted octanol–water partition coefficient (Wildman–Crippen LogP) is 2.53. The van der Waals surface area contributed by atoms with Crippen molar-refractivity contribution in [2.24, 2.45) is 11.7 Å². The van der Waals surface area contributed by atoms with Gasteiger partial charge in [0.25, 0.3) is 0 Å². The van der Waals surface area contributed by atoms with Gasteiger partial charge in [-0.1, -0.05) is 13.8 Å². The van der Waals surface area contributed by atoms with Crippen LogP contribution in [0.1, 0.15) is 19.7 Å². The van der Waals surface area contributed by atoms with Crippen molar-refractivity contribution < 1.29 is 4.42 Å². The molecular formula is C13H19N3O. The van der Waals surface area contributed by atoms with E-state index in [0.29, 0.717) is 18.4 Å². The van der Waals surface area contributed by atoms with Crippen LogP contribution in [0.3, 0.4) is 0 Å². The number of aryl methyl sites for hydroxylation is 1. The Kier molecular flexibility index (Phi) is 3.33. The number of hydrogen-bond donors (Lipinski definition) is 2. The van der Waals surface area contributed by atoms with Crippen molar-refractivity contribution in [2.75, 3.05) is 11.9 Å². The molecule has 1 atom stereocenters. The van der Waals surface area contributed by atoms with Crippen LogP contribution in [0.2, 0.25) is 0 Å². The van der Waals surface area contributed by atoms with E-state index in [1.807, 2.05) is 25.1 Å². The SMILES string of the molecule is Cc1nc2cc(NC(CN)C(C)C)ccc2o1. The monoisotopic (exact) mass is 233 g/mol. The van der Waals surface area contributed by atoms with Crippen LogP contribution < -0.4 is 11.1 Å². The van der Waals surface area contributed by atoms with Crippen LogP contribution in [0, 0.1) is 12.8 Å². The van der Waals surface area contributed by atoms with E-state index in [2.05, 4.69) is 24.1 Å². The molecule has 1 aromatic carbocycles. The summed E-state index contributed by atoms with van der Waals surface area (Å²) in [7, 11) is 0. The first kappa shape index (κ1) is 11.9. The van der Waals surface area contributed by atoms with Gasteiger partial charge in [0.15, 0.2) is 11.5 Å². The molecule has 1 unspecified atom stereocenters. The van der Waals surface area contributed by atoms with Gasteiger partial charge in [0.1, 0.15) is 5.52 Å². The third-order valence-corrected chi connectivity index (χ3v) is 2.91. The molecule has 4 nitrogen and oxygen atoms in total. The molecule has 0 saturated carbocycles. The minimum Gasteiger partial charge on any atom is -0.441 e. The van der Waals surface area contributed by atoms with E-state index in [0.717, 1.165) is 16.8 Å². The highest BCUT2D eigenvalue weighted by Crippen LogP contribution is 2.21. The fourth-order valence-corrected chi connectivity index (χ4v) is 1.84. The summed E-state index contributed by atoms with van der Waals surface area (Å²) >= 11 is 0. The minimum absolute atomic E-state index is 0.278. The maximum atomic E-state index is 5.74. The molecule has 1 heterocycles. The fourth-order valence-electron chi connectivity index (χ4n) is 1.84. The zero-order chi connectivity index (χ0) is 12.4. The van der Waals surface area contributed by atoms with E-state index in [1.54, 1.807) is 0 Å². The fraction of sp³-hybridized carbons (Fsp3) is 0.462. The van der Waals surface area contributed by atoms with E-state index < -0.39 is 0 Å². The first-order valence-corrected chi connectivity index (χ1v) is 5.94. The summed E-state index contributed by atoms with van der Waals surface area (Å²) in [5.41, 5.74) is 8.48. The highest BCUT2D eigenvalue weighted by Gasteiger charge is 2.11. The summed E-state index contributed by atoms with van der Waals surface area (Å²) < 4.78 is 5.44. The van der Waals surface area contributed by atoms with Crippen molar-refractivity contribution in [1.82, 2.24) is 4.98 Å². The molecule has 0 amide bonds. The Hall–Kier alpha value is -1.55. The van der Waals surface area contributed by atoms with Gasteiger partial charge < -0.3 is 15.5 Å². The van der Waals surface area contributed by atoms with E-state index in [9.17, 15) is 0 Å². The molecule has 0 spiro atoms. The minimum atomic E-state index is 0.278. The van der Waals surface area contributed by atoms with Crippen LogP contribution >= 0.6 is 0 Å². The average Bonchev–Trinajstić information content (AvgIpc) is 2.64. The Morgan fingerprint density at radius 2 is 2.18 bits per heavy atom. The molecule has 92 valence electrons. The Morgan fingerprint density at radius 3 is 2.82 bits per heavy atom. The van der Waals surface area contributed by atoms with E-state index in [4.69, 9.17) is 10.2 Å². The molecule has 17 heavy (non-hydrogen) atoms. The number of fused-ring (bicyclic) bond motifs is 1. The quantitative estimate of drug-likeness (QED) is 0.851. The smallest absolute Gasteiger partial charge is 0.192 e. The van der Waals surface area contributed by atoms with Gasteiger partial charge >= 0.3 is 0 Å². The van der Waals surface area contributed by atoms with Gasteiger partial charge in [-0.05, 0) is 24.1 Å². The summed E-state index contributed by atoms with van der Waals surface area (Å²) in [4.78, 5) is 4.31. The number of nitrogens with two attached hydrogens (primary N) is 1. The summed E-state index contributed by atoms with van der Waals surface area (Å²) in [6.45, 7) is 6.78. The number of nitrogens with zero attached hydrogens (tertiary/aromatic N) is 1. The zero-order valence-corrected chi connectivity index (χ0v) is 10.5. The molecule has 0 bridgehead atoms. The largest absolute Gasteiger partial charge is 0.441 e. The Labute approximate surface area is 101 Å². The summed E-state index contributed by atoms with van der Waals surface area (Å²) in [6, 6.07) is 6.21. The number of rotatable bonds is 4. The first-order chi connectivity index (χ1) is 8.10. The third kappa shape index (κ3) is 2.58. The highest BCUT2D eigenvalue weighted by atomic mass is 16.3. The predicted molar refractivity (Wildman–Crippen MR) is 70.0 cm³/mol. The molecule has 0 radical (unpaired) electrons. The van der Waals surface area contributed by atoms with Crippen LogP contribution in [-0.4, -0.2) is 17.6 Å². The molecule has 0 fully saturated rings. The number of aromatic nitrogens is 1. The van der Waals surface area contributed by atoms with Gasteiger partial charge in [0, 0.05) is 25.2 Å². The summed E-state index contributed by atoms with van der Waals surface area (Å²) in [5, 5.41) is 3.42. The maximum Gasteiger partial charge on any atom is 0.192 e. The Morgan fingerprint density at radius 1 is 1.41 bits per heavy atom. The summed E-state index contributed by atoms with van der Waals surface area (Å²) in [6.07, 6.45) is 0. The van der Waals surface area contributed by atoms with Gasteiger partial charge in [-0.3, -0.25) is 0 Å². The molecule has 0 aliphatic rings. The van der Waals surface area contributed by atoms with Crippen molar-refractivity contribution in [3.63, 3.8) is 0 Å². The van der Waals surface area contributed by atoms with Gasteiger partial charge in [-0.2, -0.15) is 0 Å². The van der Waals surface area contributed by atoms with Gasteiger partial charge in [0.05, 0.1) is 0 Å². The number of benzene rings is 1. The normalized spacial score (nSPS) is 13.2.